The maximum Gasteiger partial charge on any atom is 0.243 e. The topological polar surface area (TPSA) is 144 Å². The summed E-state index contributed by atoms with van der Waals surface area (Å²) in [4.78, 5) is 17.3. The molecule has 14 heteroatoms. The highest BCUT2D eigenvalue weighted by molar-refractivity contribution is 7.89. The first kappa shape index (κ1) is 30.6. The molecule has 2 aromatic heterocycles. The van der Waals surface area contributed by atoms with Crippen molar-refractivity contribution in [1.29, 1.82) is 0 Å². The van der Waals surface area contributed by atoms with Crippen LogP contribution in [0.25, 0.3) is 22.6 Å². The molecule has 1 aliphatic heterocycles. The van der Waals surface area contributed by atoms with Gasteiger partial charge in [0.15, 0.2) is 11.0 Å². The molecule has 1 aliphatic rings. The molecule has 3 heterocycles. The highest BCUT2D eigenvalue weighted by Gasteiger charge is 2.30. The fourth-order valence-corrected chi connectivity index (χ4v) is 7.31. The molecule has 0 saturated carbocycles. The Labute approximate surface area is 255 Å². The fourth-order valence-electron chi connectivity index (χ4n) is 5.01. The largest absolute Gasteiger partial charge is 0.496 e. The minimum atomic E-state index is -3.89. The number of sulfonamides is 1. The predicted molar refractivity (Wildman–Crippen MR) is 169 cm³/mol. The molecule has 0 atom stereocenters. The van der Waals surface area contributed by atoms with E-state index < -0.39 is 15.8 Å². The van der Waals surface area contributed by atoms with Crippen molar-refractivity contribution in [3.05, 3.63) is 53.2 Å². The van der Waals surface area contributed by atoms with Crippen LogP contribution in [-0.4, -0.2) is 79.5 Å². The Balaban J connectivity index is 1.53. The van der Waals surface area contributed by atoms with Crippen molar-refractivity contribution in [2.24, 2.45) is 0 Å². The number of methoxy groups -OCH3 is 1. The highest BCUT2D eigenvalue weighted by Crippen LogP contribution is 2.40. The summed E-state index contributed by atoms with van der Waals surface area (Å²) in [5, 5.41) is 2.54. The quantitative estimate of drug-likeness (QED) is 0.275. The number of benzene rings is 2. The number of piperazine rings is 1. The number of aryl methyl sites for hydroxylation is 1. The second-order valence-electron chi connectivity index (χ2n) is 10.4. The zero-order valence-electron chi connectivity index (χ0n) is 24.5. The Morgan fingerprint density at radius 2 is 1.74 bits per heavy atom. The number of hydrogen-bond acceptors (Lipinski definition) is 11. The average Bonchev–Trinajstić information content (AvgIpc) is 3.46. The third-order valence-corrected chi connectivity index (χ3v) is 10.0. The molecular formula is C29H35FN8O3S2. The van der Waals surface area contributed by atoms with E-state index in [-0.39, 0.29) is 27.8 Å². The molecule has 0 radical (unpaired) electrons. The van der Waals surface area contributed by atoms with Gasteiger partial charge in [0, 0.05) is 55.9 Å². The van der Waals surface area contributed by atoms with E-state index in [0.717, 1.165) is 23.7 Å². The first-order valence-electron chi connectivity index (χ1n) is 13.8. The third-order valence-electron chi connectivity index (χ3n) is 7.30. The number of aromatic nitrogens is 3. The van der Waals surface area contributed by atoms with Crippen LogP contribution in [0.4, 0.5) is 26.8 Å². The Kier molecular flexibility index (Phi) is 8.83. The summed E-state index contributed by atoms with van der Waals surface area (Å²) in [6.07, 6.45) is 0.816. The van der Waals surface area contributed by atoms with E-state index in [1.807, 2.05) is 31.5 Å². The minimum Gasteiger partial charge on any atom is -0.496 e. The van der Waals surface area contributed by atoms with Crippen LogP contribution >= 0.6 is 11.3 Å². The van der Waals surface area contributed by atoms with Gasteiger partial charge in [-0.2, -0.15) is 4.31 Å². The number of hydrogen-bond donors (Lipinski definition) is 2. The number of halogens is 1. The molecule has 4 aromatic rings. The molecule has 5 rings (SSSR count). The lowest BCUT2D eigenvalue weighted by Gasteiger charge is -2.31. The number of nitrogens with zero attached hydrogens (tertiary/aromatic N) is 6. The Morgan fingerprint density at radius 1 is 1.05 bits per heavy atom. The number of thiazole rings is 1. The van der Waals surface area contributed by atoms with Crippen LogP contribution in [0.15, 0.2) is 46.7 Å². The lowest BCUT2D eigenvalue weighted by molar-refractivity contribution is 0.222. The molecule has 1 saturated heterocycles. The molecular weight excluding hydrogens is 592 g/mol. The minimum absolute atomic E-state index is 0.130. The van der Waals surface area contributed by atoms with E-state index in [0.29, 0.717) is 54.9 Å². The number of nitrogen functional groups attached to an aromatic ring is 2. The van der Waals surface area contributed by atoms with Gasteiger partial charge in [0.1, 0.15) is 28.9 Å². The Bertz CT molecular complexity index is 1720. The van der Waals surface area contributed by atoms with Crippen LogP contribution in [0.3, 0.4) is 0 Å². The van der Waals surface area contributed by atoms with Crippen molar-refractivity contribution >= 4 is 43.8 Å². The van der Waals surface area contributed by atoms with E-state index in [1.165, 1.54) is 34.9 Å². The van der Waals surface area contributed by atoms with Gasteiger partial charge in [-0.3, -0.25) is 0 Å². The highest BCUT2D eigenvalue weighted by atomic mass is 32.2. The standard InChI is InChI=1S/C29H35FN8O3S2/c1-5-8-38(29-33-22(17-42-29)28-34-25(31)16-26(32)35-28)23-13-19(7-6-18(23)2)27-21(30)14-20(15-24(27)41-4)43(39,40)37-11-9-36(3)10-12-37/h6-7,13-17H,5,8-12H2,1-4H3,(H4,31,32,34,35). The summed E-state index contributed by atoms with van der Waals surface area (Å²) < 4.78 is 49.6. The van der Waals surface area contributed by atoms with Gasteiger partial charge in [-0.05, 0) is 43.7 Å². The van der Waals surface area contributed by atoms with E-state index in [1.54, 1.807) is 6.07 Å². The Morgan fingerprint density at radius 3 is 2.40 bits per heavy atom. The van der Waals surface area contributed by atoms with Crippen LogP contribution in [-0.2, 0) is 10.0 Å². The summed E-state index contributed by atoms with van der Waals surface area (Å²) in [6, 6.07) is 9.54. The van der Waals surface area contributed by atoms with Crippen molar-refractivity contribution in [2.45, 2.75) is 25.2 Å². The zero-order valence-corrected chi connectivity index (χ0v) is 26.2. The predicted octanol–water partition coefficient (Wildman–Crippen LogP) is 4.37. The first-order chi connectivity index (χ1) is 20.5. The van der Waals surface area contributed by atoms with Gasteiger partial charge in [-0.15, -0.1) is 11.3 Å². The van der Waals surface area contributed by atoms with Crippen molar-refractivity contribution in [1.82, 2.24) is 24.2 Å². The monoisotopic (exact) mass is 626 g/mol. The second-order valence-corrected chi connectivity index (χ2v) is 13.2. The molecule has 0 spiro atoms. The summed E-state index contributed by atoms with van der Waals surface area (Å²) in [5.41, 5.74) is 14.8. The molecule has 0 unspecified atom stereocenters. The SMILES string of the molecule is CCCN(c1nc(-c2nc(N)cc(N)n2)cs1)c1cc(-c2c(F)cc(S(=O)(=O)N3CCN(C)CC3)cc2OC)ccc1C. The number of rotatable bonds is 9. The van der Waals surface area contributed by atoms with Gasteiger partial charge in [-0.1, -0.05) is 19.1 Å². The first-order valence-corrected chi connectivity index (χ1v) is 16.1. The summed E-state index contributed by atoms with van der Waals surface area (Å²) >= 11 is 1.42. The van der Waals surface area contributed by atoms with Gasteiger partial charge in [-0.25, -0.2) is 27.8 Å². The van der Waals surface area contributed by atoms with E-state index in [2.05, 4.69) is 26.7 Å². The molecule has 11 nitrogen and oxygen atoms in total. The molecule has 4 N–H and O–H groups in total. The van der Waals surface area contributed by atoms with Gasteiger partial charge < -0.3 is 26.0 Å². The number of anilines is 4. The van der Waals surface area contributed by atoms with E-state index >= 15 is 4.39 Å². The molecule has 1 fully saturated rings. The van der Waals surface area contributed by atoms with E-state index in [9.17, 15) is 8.42 Å². The van der Waals surface area contributed by atoms with E-state index in [4.69, 9.17) is 21.2 Å². The maximum atomic E-state index is 15.9. The molecule has 43 heavy (non-hydrogen) atoms. The number of likely N-dealkylation sites (N-methyl/N-ethyl adjacent to an activating group) is 1. The number of ether oxygens (including phenoxy) is 1. The van der Waals surface area contributed by atoms with Crippen LogP contribution in [0.5, 0.6) is 5.75 Å². The molecule has 0 aliphatic carbocycles. The molecule has 2 aromatic carbocycles. The molecule has 228 valence electrons. The lowest BCUT2D eigenvalue weighted by Crippen LogP contribution is -2.47. The van der Waals surface area contributed by atoms with Gasteiger partial charge in [0.2, 0.25) is 10.0 Å². The van der Waals surface area contributed by atoms with Gasteiger partial charge in [0.25, 0.3) is 0 Å². The van der Waals surface area contributed by atoms with Crippen molar-refractivity contribution in [3.63, 3.8) is 0 Å². The Hall–Kier alpha value is -3.85. The zero-order chi connectivity index (χ0) is 30.9. The molecule has 0 bridgehead atoms. The normalized spacial score (nSPS) is 14.6. The van der Waals surface area contributed by atoms with Crippen LogP contribution < -0.4 is 21.1 Å². The third kappa shape index (κ3) is 6.27. The van der Waals surface area contributed by atoms with Crippen molar-refractivity contribution in [3.8, 4) is 28.4 Å². The van der Waals surface area contributed by atoms with Crippen molar-refractivity contribution < 1.29 is 17.5 Å². The van der Waals surface area contributed by atoms with Crippen LogP contribution in [0.2, 0.25) is 0 Å². The second kappa shape index (κ2) is 12.4. The van der Waals surface area contributed by atoms with Crippen LogP contribution in [0.1, 0.15) is 18.9 Å². The smallest absolute Gasteiger partial charge is 0.243 e. The molecule has 0 amide bonds. The summed E-state index contributed by atoms with van der Waals surface area (Å²) in [6.45, 7) is 6.57. The van der Waals surface area contributed by atoms with Gasteiger partial charge in [0.05, 0.1) is 17.6 Å². The maximum absolute atomic E-state index is 15.9. The van der Waals surface area contributed by atoms with Crippen LogP contribution in [0, 0.1) is 12.7 Å². The lowest BCUT2D eigenvalue weighted by atomic mass is 10.0. The average molecular weight is 627 g/mol. The van der Waals surface area contributed by atoms with Gasteiger partial charge >= 0.3 is 0 Å². The summed E-state index contributed by atoms with van der Waals surface area (Å²) in [5.74, 6) is 0.295. The number of nitrogens with two attached hydrogens (primary N) is 2. The summed E-state index contributed by atoms with van der Waals surface area (Å²) in [7, 11) is -0.543. The van der Waals surface area contributed by atoms with Crippen molar-refractivity contribution in [2.75, 3.05) is 63.2 Å². The fraction of sp³-hybridized carbons (Fsp3) is 0.345.